The number of rotatable bonds is 6. The van der Waals surface area contributed by atoms with Gasteiger partial charge in [0.25, 0.3) is 6.01 Å². The Balaban J connectivity index is 1.91. The molecule has 19 heavy (non-hydrogen) atoms. The quantitative estimate of drug-likeness (QED) is 0.783. The second kappa shape index (κ2) is 5.93. The highest BCUT2D eigenvalue weighted by atomic mass is 16.4. The summed E-state index contributed by atoms with van der Waals surface area (Å²) >= 11 is 0. The Kier molecular flexibility index (Phi) is 4.27. The Morgan fingerprint density at radius 3 is 3.00 bits per heavy atom. The molecule has 1 atom stereocenters. The number of aromatic nitrogens is 1. The van der Waals surface area contributed by atoms with E-state index in [0.29, 0.717) is 17.7 Å². The normalized spacial score (nSPS) is 13.1. The third-order valence-electron chi connectivity index (χ3n) is 3.50. The molecule has 5 nitrogen and oxygen atoms in total. The highest BCUT2D eigenvalue weighted by molar-refractivity contribution is 5.78. The minimum atomic E-state index is 0.554. The van der Waals surface area contributed by atoms with Gasteiger partial charge in [0.2, 0.25) is 0 Å². The predicted molar refractivity (Wildman–Crippen MR) is 79.3 cm³/mol. The fourth-order valence-electron chi connectivity index (χ4n) is 1.89. The summed E-state index contributed by atoms with van der Waals surface area (Å²) in [5, 5.41) is 3.20. The summed E-state index contributed by atoms with van der Waals surface area (Å²) in [6.45, 7) is 6.18. The molecular weight excluding hydrogens is 240 g/mol. The lowest BCUT2D eigenvalue weighted by molar-refractivity contribution is 0.261. The lowest BCUT2D eigenvalue weighted by Gasteiger charge is -2.23. The van der Waals surface area contributed by atoms with E-state index in [0.717, 1.165) is 30.6 Å². The van der Waals surface area contributed by atoms with Crippen molar-refractivity contribution in [1.82, 2.24) is 9.88 Å². The lowest BCUT2D eigenvalue weighted by Crippen LogP contribution is -2.32. The molecule has 0 fully saturated rings. The maximum absolute atomic E-state index is 5.71. The summed E-state index contributed by atoms with van der Waals surface area (Å²) in [5.41, 5.74) is 7.94. The molecule has 0 radical (unpaired) electrons. The van der Waals surface area contributed by atoms with Crippen molar-refractivity contribution in [2.45, 2.75) is 26.3 Å². The summed E-state index contributed by atoms with van der Waals surface area (Å²) in [6, 6.07) is 6.62. The smallest absolute Gasteiger partial charge is 0.295 e. The molecule has 0 spiro atoms. The van der Waals surface area contributed by atoms with Gasteiger partial charge in [-0.05, 0) is 32.5 Å². The Morgan fingerprint density at radius 1 is 1.47 bits per heavy atom. The predicted octanol–water partition coefficient (Wildman–Crippen LogP) is 2.55. The molecule has 0 aliphatic heterocycles. The van der Waals surface area contributed by atoms with Crippen LogP contribution in [-0.2, 0) is 0 Å². The maximum atomic E-state index is 5.71. The molecule has 5 heteroatoms. The van der Waals surface area contributed by atoms with Crippen molar-refractivity contribution in [1.29, 1.82) is 0 Å². The molecule has 1 aromatic carbocycles. The van der Waals surface area contributed by atoms with E-state index in [9.17, 15) is 0 Å². The molecule has 0 bridgehead atoms. The first-order valence-corrected chi connectivity index (χ1v) is 6.70. The highest BCUT2D eigenvalue weighted by Gasteiger charge is 2.08. The third-order valence-corrected chi connectivity index (χ3v) is 3.50. The molecule has 0 saturated heterocycles. The monoisotopic (exact) mass is 262 g/mol. The number of anilines is 2. The molecule has 0 amide bonds. The van der Waals surface area contributed by atoms with Crippen LogP contribution >= 0.6 is 0 Å². The molecule has 104 valence electrons. The number of fused-ring (bicyclic) bond motifs is 1. The topological polar surface area (TPSA) is 67.3 Å². The van der Waals surface area contributed by atoms with Crippen LogP contribution in [0.1, 0.15) is 20.3 Å². The Labute approximate surface area is 113 Å². The Bertz CT molecular complexity index is 537. The zero-order valence-electron chi connectivity index (χ0n) is 11.8. The maximum Gasteiger partial charge on any atom is 0.295 e. The molecule has 2 rings (SSSR count). The van der Waals surface area contributed by atoms with Crippen LogP contribution in [0.25, 0.3) is 11.1 Å². The second-order valence-corrected chi connectivity index (χ2v) is 4.91. The van der Waals surface area contributed by atoms with Gasteiger partial charge in [-0.2, -0.15) is 4.98 Å². The van der Waals surface area contributed by atoms with Crippen LogP contribution < -0.4 is 11.1 Å². The fourth-order valence-corrected chi connectivity index (χ4v) is 1.89. The average molecular weight is 262 g/mol. The van der Waals surface area contributed by atoms with Crippen molar-refractivity contribution < 1.29 is 4.42 Å². The van der Waals surface area contributed by atoms with Gasteiger partial charge in [-0.25, -0.2) is 0 Å². The minimum Gasteiger partial charge on any atom is -0.423 e. The lowest BCUT2D eigenvalue weighted by atomic mass is 10.2. The fraction of sp³-hybridized carbons (Fsp3) is 0.500. The van der Waals surface area contributed by atoms with Crippen molar-refractivity contribution in [2.75, 3.05) is 31.2 Å². The Hall–Kier alpha value is -1.75. The number of nitrogens with two attached hydrogens (primary N) is 1. The van der Waals surface area contributed by atoms with E-state index in [2.05, 4.69) is 36.1 Å². The average Bonchev–Trinajstić information content (AvgIpc) is 2.79. The van der Waals surface area contributed by atoms with Crippen molar-refractivity contribution in [2.24, 2.45) is 0 Å². The zero-order chi connectivity index (χ0) is 13.8. The van der Waals surface area contributed by atoms with Gasteiger partial charge < -0.3 is 20.4 Å². The number of oxazole rings is 1. The van der Waals surface area contributed by atoms with E-state index >= 15 is 0 Å². The van der Waals surface area contributed by atoms with Gasteiger partial charge in [0.1, 0.15) is 5.52 Å². The number of nitrogens with zero attached hydrogens (tertiary/aromatic N) is 2. The summed E-state index contributed by atoms with van der Waals surface area (Å²) in [6.07, 6.45) is 1.15. The molecule has 0 saturated carbocycles. The van der Waals surface area contributed by atoms with Gasteiger partial charge >= 0.3 is 0 Å². The molecule has 3 N–H and O–H groups in total. The molecule has 0 aliphatic rings. The van der Waals surface area contributed by atoms with Crippen molar-refractivity contribution in [3.05, 3.63) is 18.2 Å². The molecular formula is C14H22N4O. The van der Waals surface area contributed by atoms with Crippen molar-refractivity contribution >= 4 is 22.8 Å². The van der Waals surface area contributed by atoms with Gasteiger partial charge in [-0.1, -0.05) is 6.92 Å². The molecule has 1 unspecified atom stereocenters. The number of hydrogen-bond acceptors (Lipinski definition) is 5. The Morgan fingerprint density at radius 2 is 2.26 bits per heavy atom. The zero-order valence-corrected chi connectivity index (χ0v) is 11.8. The number of benzene rings is 1. The SMILES string of the molecule is CCC(C)N(C)CCNc1nc2ccc(N)cc2o1. The summed E-state index contributed by atoms with van der Waals surface area (Å²) in [7, 11) is 2.13. The standard InChI is InChI=1S/C14H22N4O/c1-4-10(2)18(3)8-7-16-14-17-12-6-5-11(15)9-13(12)19-14/h5-6,9-10H,4,7-8,15H2,1-3H3,(H,16,17). The molecule has 1 aromatic heterocycles. The van der Waals surface area contributed by atoms with Gasteiger partial charge in [0.05, 0.1) is 0 Å². The van der Waals surface area contributed by atoms with E-state index in [4.69, 9.17) is 10.2 Å². The summed E-state index contributed by atoms with van der Waals surface area (Å²) in [4.78, 5) is 6.68. The third kappa shape index (κ3) is 3.38. The van der Waals surface area contributed by atoms with Crippen molar-refractivity contribution in [3.63, 3.8) is 0 Å². The van der Waals surface area contributed by atoms with Crippen LogP contribution in [0, 0.1) is 0 Å². The van der Waals surface area contributed by atoms with Crippen LogP contribution in [0.2, 0.25) is 0 Å². The summed E-state index contributed by atoms with van der Waals surface area (Å²) < 4.78 is 5.60. The van der Waals surface area contributed by atoms with E-state index < -0.39 is 0 Å². The van der Waals surface area contributed by atoms with Crippen LogP contribution in [0.5, 0.6) is 0 Å². The van der Waals surface area contributed by atoms with E-state index in [1.54, 1.807) is 6.07 Å². The van der Waals surface area contributed by atoms with Gasteiger partial charge in [-0.3, -0.25) is 0 Å². The number of hydrogen-bond donors (Lipinski definition) is 2. The van der Waals surface area contributed by atoms with E-state index in [1.165, 1.54) is 0 Å². The van der Waals surface area contributed by atoms with E-state index in [-0.39, 0.29) is 0 Å². The molecule has 1 heterocycles. The van der Waals surface area contributed by atoms with Crippen LogP contribution in [0.15, 0.2) is 22.6 Å². The minimum absolute atomic E-state index is 0.554. The van der Waals surface area contributed by atoms with Crippen molar-refractivity contribution in [3.8, 4) is 0 Å². The first-order valence-electron chi connectivity index (χ1n) is 6.70. The van der Waals surface area contributed by atoms with E-state index in [1.807, 2.05) is 12.1 Å². The first kappa shape index (κ1) is 13.7. The molecule has 0 aliphatic carbocycles. The van der Waals surface area contributed by atoms with Crippen LogP contribution in [-0.4, -0.2) is 36.1 Å². The number of nitrogens with one attached hydrogen (secondary N) is 1. The molecule has 2 aromatic rings. The van der Waals surface area contributed by atoms with Gasteiger partial charge in [-0.15, -0.1) is 0 Å². The van der Waals surface area contributed by atoms with Crippen LogP contribution in [0.4, 0.5) is 11.7 Å². The summed E-state index contributed by atoms with van der Waals surface area (Å²) in [5.74, 6) is 0. The second-order valence-electron chi connectivity index (χ2n) is 4.91. The number of likely N-dealkylation sites (N-methyl/N-ethyl adjacent to an activating group) is 1. The number of nitrogen functional groups attached to an aromatic ring is 1. The largest absolute Gasteiger partial charge is 0.423 e. The first-order chi connectivity index (χ1) is 9.10. The van der Waals surface area contributed by atoms with Gasteiger partial charge in [0, 0.05) is 30.9 Å². The van der Waals surface area contributed by atoms with Gasteiger partial charge in [0.15, 0.2) is 5.58 Å². The van der Waals surface area contributed by atoms with Crippen LogP contribution in [0.3, 0.4) is 0 Å². The highest BCUT2D eigenvalue weighted by Crippen LogP contribution is 2.20.